The number of carboxylic acids is 1. The molecule has 3 aliphatic rings. The number of aliphatic hydroxyl groups is 4. The lowest BCUT2D eigenvalue weighted by Gasteiger charge is -2.38. The summed E-state index contributed by atoms with van der Waals surface area (Å²) < 4.78 is 40.0. The van der Waals surface area contributed by atoms with Gasteiger partial charge < -0.3 is 54.4 Å². The molecule has 300 valence electrons. The monoisotopic (exact) mass is 776 g/mol. The molecule has 13 nitrogen and oxygen atoms in total. The van der Waals surface area contributed by atoms with Crippen molar-refractivity contribution in [1.82, 2.24) is 4.57 Å². The minimum absolute atomic E-state index is 0.0702. The first kappa shape index (κ1) is 40.8. The van der Waals surface area contributed by atoms with Gasteiger partial charge in [-0.15, -0.1) is 0 Å². The molecule has 6 N–H and O–H groups in total. The van der Waals surface area contributed by atoms with Gasteiger partial charge in [0.15, 0.2) is 6.10 Å². The average molecular weight is 777 g/mol. The molecule has 56 heavy (non-hydrogen) atoms. The average Bonchev–Trinajstić information content (AvgIpc) is 3.51. The van der Waals surface area contributed by atoms with Crippen LogP contribution in [0.4, 0.5) is 10.1 Å². The first-order chi connectivity index (χ1) is 26.5. The highest BCUT2D eigenvalue weighted by Gasteiger charge is 2.48. The smallest absolute Gasteiger partial charge is 0.335 e. The normalized spacial score (nSPS) is 25.6. The minimum atomic E-state index is -1.86. The Balaban J connectivity index is 1.36. The summed E-state index contributed by atoms with van der Waals surface area (Å²) in [7, 11) is 1.64. The molecular weight excluding hydrogens is 727 g/mol. The predicted octanol–water partition coefficient (Wildman–Crippen LogP) is 4.21. The van der Waals surface area contributed by atoms with Gasteiger partial charge in [0, 0.05) is 7.05 Å². The number of anilines is 1. The van der Waals surface area contributed by atoms with Crippen molar-refractivity contribution >= 4 is 22.8 Å². The number of carbonyl (C=O) groups is 1. The number of rotatable bonds is 12. The molecule has 1 aliphatic carbocycles. The Morgan fingerprint density at radius 1 is 1.14 bits per heavy atom. The van der Waals surface area contributed by atoms with E-state index in [9.17, 15) is 35.1 Å². The van der Waals surface area contributed by atoms with Gasteiger partial charge in [0.1, 0.15) is 36.5 Å². The first-order valence-corrected chi connectivity index (χ1v) is 18.5. The van der Waals surface area contributed by atoms with Crippen molar-refractivity contribution in [2.75, 3.05) is 12.4 Å². The van der Waals surface area contributed by atoms with Crippen LogP contribution in [-0.4, -0.2) is 79.9 Å². The number of hydrogen-bond donors (Lipinski definition) is 6. The third-order valence-corrected chi connectivity index (χ3v) is 11.2. The van der Waals surface area contributed by atoms with E-state index in [4.69, 9.17) is 18.9 Å². The molecule has 3 aromatic rings. The number of aliphatic hydroxyl groups excluding tert-OH is 3. The van der Waals surface area contributed by atoms with Crippen LogP contribution < -0.4 is 15.6 Å². The standard InChI is InChI=1S/C42H49FN2O11/c1-8-42(6,52)27-16-30-22(5)25(17-45(30)39(49)26(27)19-53-9-2)34-32(13-11-24-21(4)28(43)14-20(3)33(24)34)54-18-23-10-12-31(29(15-23)44-7)55-41-37(48)35(46)36(47)38(56-41)40(50)51/h9-10,12,14-16,32,35-38,41,44,46-48,52H,2,5,8,11,13,17-19H2,1,3-4,6-7H3,(H,50,51)/b34-25-. The summed E-state index contributed by atoms with van der Waals surface area (Å²) in [4.78, 5) is 25.7. The van der Waals surface area contributed by atoms with Gasteiger partial charge in [0.2, 0.25) is 6.29 Å². The molecule has 14 heteroatoms. The minimum Gasteiger partial charge on any atom is -0.497 e. The number of ether oxygens (including phenoxy) is 4. The number of aryl methyl sites for hydroxylation is 1. The second kappa shape index (κ2) is 16.0. The quantitative estimate of drug-likeness (QED) is 0.144. The van der Waals surface area contributed by atoms with Gasteiger partial charge in [-0.05, 0) is 114 Å². The van der Waals surface area contributed by atoms with Crippen molar-refractivity contribution in [1.29, 1.82) is 0 Å². The number of hydrogen-bond acceptors (Lipinski definition) is 11. The van der Waals surface area contributed by atoms with E-state index in [2.05, 4.69) is 18.5 Å². The maximum Gasteiger partial charge on any atom is 0.335 e. The van der Waals surface area contributed by atoms with Crippen LogP contribution in [0.5, 0.6) is 5.75 Å². The fraction of sp³-hybridized carbons (Fsp3) is 0.429. The molecule has 7 unspecified atom stereocenters. The third kappa shape index (κ3) is 7.28. The van der Waals surface area contributed by atoms with Crippen LogP contribution in [0.2, 0.25) is 0 Å². The highest BCUT2D eigenvalue weighted by molar-refractivity contribution is 5.93. The molecule has 0 saturated carbocycles. The number of allylic oxidation sites excluding steroid dienone is 2. The van der Waals surface area contributed by atoms with Gasteiger partial charge in [-0.1, -0.05) is 26.1 Å². The molecule has 6 rings (SSSR count). The fourth-order valence-electron chi connectivity index (χ4n) is 7.86. The topological polar surface area (TPSA) is 189 Å². The van der Waals surface area contributed by atoms with E-state index in [1.54, 1.807) is 49.7 Å². The van der Waals surface area contributed by atoms with Crippen LogP contribution in [-0.2, 0) is 50.8 Å². The Morgan fingerprint density at radius 3 is 2.54 bits per heavy atom. The Bertz CT molecular complexity index is 2160. The van der Waals surface area contributed by atoms with Crippen molar-refractivity contribution in [3.8, 4) is 5.75 Å². The maximum absolute atomic E-state index is 15.1. The Morgan fingerprint density at radius 2 is 1.88 bits per heavy atom. The SMILES string of the molecule is C=COCc1c(C(C)(O)CC)cc2n(c1=O)C/C(=C1/c3c(C)cc(F)c(C)c3CCC1OCc1ccc(OC3OC(C(=O)O)C(O)C(O)C3O)c(NC)c1)C2=C. The summed E-state index contributed by atoms with van der Waals surface area (Å²) in [5, 5.41) is 54.6. The third-order valence-electron chi connectivity index (χ3n) is 11.2. The lowest BCUT2D eigenvalue weighted by Crippen LogP contribution is -2.61. The van der Waals surface area contributed by atoms with E-state index in [0.29, 0.717) is 52.9 Å². The summed E-state index contributed by atoms with van der Waals surface area (Å²) in [6.07, 6.45) is -6.66. The first-order valence-electron chi connectivity index (χ1n) is 18.5. The van der Waals surface area contributed by atoms with Crippen LogP contribution in [0.15, 0.2) is 60.1 Å². The molecule has 0 radical (unpaired) electrons. The molecule has 3 heterocycles. The van der Waals surface area contributed by atoms with Gasteiger partial charge in [0.05, 0.1) is 48.1 Å². The number of pyridine rings is 1. The van der Waals surface area contributed by atoms with E-state index in [1.807, 2.05) is 13.8 Å². The summed E-state index contributed by atoms with van der Waals surface area (Å²) in [5.74, 6) is -1.64. The van der Waals surface area contributed by atoms with E-state index in [1.165, 1.54) is 12.3 Å². The van der Waals surface area contributed by atoms with Crippen molar-refractivity contribution in [2.24, 2.45) is 0 Å². The zero-order valence-corrected chi connectivity index (χ0v) is 32.1. The van der Waals surface area contributed by atoms with Crippen LogP contribution in [0, 0.1) is 19.7 Å². The number of nitrogens with one attached hydrogen (secondary N) is 1. The number of nitrogens with zero attached hydrogens (tertiary/aromatic N) is 1. The van der Waals surface area contributed by atoms with Gasteiger partial charge in [-0.2, -0.15) is 0 Å². The fourth-order valence-corrected chi connectivity index (χ4v) is 7.86. The van der Waals surface area contributed by atoms with Crippen LogP contribution in [0.1, 0.15) is 71.3 Å². The zero-order valence-electron chi connectivity index (χ0n) is 32.1. The largest absolute Gasteiger partial charge is 0.497 e. The van der Waals surface area contributed by atoms with Crippen LogP contribution in [0.25, 0.3) is 11.1 Å². The lowest BCUT2D eigenvalue weighted by molar-refractivity contribution is -0.271. The highest BCUT2D eigenvalue weighted by Crippen LogP contribution is 2.46. The Hall–Kier alpha value is -4.83. The molecule has 0 bridgehead atoms. The molecule has 2 aromatic carbocycles. The Labute approximate surface area is 323 Å². The summed E-state index contributed by atoms with van der Waals surface area (Å²) >= 11 is 0. The number of fused-ring (bicyclic) bond motifs is 2. The lowest BCUT2D eigenvalue weighted by atomic mass is 9.77. The van der Waals surface area contributed by atoms with Gasteiger partial charge in [-0.25, -0.2) is 9.18 Å². The molecule has 1 saturated heterocycles. The molecule has 1 aromatic heterocycles. The predicted molar refractivity (Wildman–Crippen MR) is 205 cm³/mol. The second-order valence-electron chi connectivity index (χ2n) is 14.7. The summed E-state index contributed by atoms with van der Waals surface area (Å²) in [6.45, 7) is 15.4. The second-order valence-corrected chi connectivity index (χ2v) is 14.7. The van der Waals surface area contributed by atoms with Crippen LogP contribution >= 0.6 is 0 Å². The van der Waals surface area contributed by atoms with E-state index in [0.717, 1.165) is 33.4 Å². The van der Waals surface area contributed by atoms with Crippen molar-refractivity contribution < 1.29 is 53.7 Å². The molecule has 0 spiro atoms. The maximum atomic E-state index is 15.1. The number of carboxylic acid groups (broad SMARTS) is 1. The molecule has 7 atom stereocenters. The molecule has 0 amide bonds. The van der Waals surface area contributed by atoms with Gasteiger partial charge >= 0.3 is 5.97 Å². The van der Waals surface area contributed by atoms with Gasteiger partial charge in [-0.3, -0.25) is 4.79 Å². The summed E-state index contributed by atoms with van der Waals surface area (Å²) in [6, 6.07) is 8.36. The van der Waals surface area contributed by atoms with E-state index < -0.39 is 48.4 Å². The van der Waals surface area contributed by atoms with E-state index >= 15 is 4.39 Å². The van der Waals surface area contributed by atoms with Crippen molar-refractivity contribution in [3.05, 3.63) is 116 Å². The Kier molecular flexibility index (Phi) is 11.6. The highest BCUT2D eigenvalue weighted by atomic mass is 19.1. The number of halogens is 1. The summed E-state index contributed by atoms with van der Waals surface area (Å²) in [5.41, 5.74) is 6.00. The molecule has 1 fully saturated rings. The zero-order chi connectivity index (χ0) is 40.8. The number of aliphatic carboxylic acids is 1. The van der Waals surface area contributed by atoms with E-state index in [-0.39, 0.29) is 36.9 Å². The van der Waals surface area contributed by atoms with Crippen molar-refractivity contribution in [3.63, 3.8) is 0 Å². The molecule has 2 aliphatic heterocycles. The molecular formula is C42H49FN2O11. The van der Waals surface area contributed by atoms with Crippen LogP contribution in [0.3, 0.4) is 0 Å². The number of aromatic nitrogens is 1. The van der Waals surface area contributed by atoms with Crippen molar-refractivity contribution in [2.45, 2.75) is 109 Å². The number of benzene rings is 2. The van der Waals surface area contributed by atoms with Gasteiger partial charge in [0.25, 0.3) is 5.56 Å².